The zero-order valence-corrected chi connectivity index (χ0v) is 19.1. The number of benzene rings is 2. The lowest BCUT2D eigenvalue weighted by Gasteiger charge is -2.37. The number of ether oxygens (including phenoxy) is 1. The maximum atomic E-state index is 13.6. The fourth-order valence-corrected chi connectivity index (χ4v) is 6.59. The quantitative estimate of drug-likeness (QED) is 0.271. The number of hydrogen-bond acceptors (Lipinski definition) is 4. The summed E-state index contributed by atoms with van der Waals surface area (Å²) < 4.78 is 5.60. The highest BCUT2D eigenvalue weighted by molar-refractivity contribution is 6.35. The van der Waals surface area contributed by atoms with Gasteiger partial charge in [-0.05, 0) is 53.9 Å². The van der Waals surface area contributed by atoms with Gasteiger partial charge in [-0.15, -0.1) is 0 Å². The van der Waals surface area contributed by atoms with Crippen LogP contribution in [0, 0.1) is 35.5 Å². The molecule has 2 bridgehead atoms. The highest BCUT2D eigenvalue weighted by atomic mass is 35.5. The number of rotatable bonds is 5. The summed E-state index contributed by atoms with van der Waals surface area (Å²) in [7, 11) is 0. The van der Waals surface area contributed by atoms with Crippen LogP contribution < -0.4 is 4.74 Å². The smallest absolute Gasteiger partial charge is 0.335 e. The molecule has 0 aromatic heterocycles. The molecule has 4 aliphatic carbocycles. The molecule has 2 saturated carbocycles. The van der Waals surface area contributed by atoms with Crippen LogP contribution in [0.4, 0.5) is 0 Å². The van der Waals surface area contributed by atoms with Crippen molar-refractivity contribution in [2.24, 2.45) is 35.5 Å². The third kappa shape index (κ3) is 3.32. The third-order valence-electron chi connectivity index (χ3n) is 7.66. The number of hydrogen-bond donors (Lipinski definition) is 0. The fraction of sp³-hybridized carbons (Fsp3) is 0.346. The monoisotopic (exact) mass is 481 g/mol. The molecule has 2 aromatic carbocycles. The van der Waals surface area contributed by atoms with Gasteiger partial charge < -0.3 is 4.74 Å². The largest absolute Gasteiger partial charge is 0.423 e. The van der Waals surface area contributed by atoms with Crippen molar-refractivity contribution in [2.75, 3.05) is 0 Å². The van der Waals surface area contributed by atoms with Gasteiger partial charge in [0.15, 0.2) is 0 Å². The minimum atomic E-state index is -1.07. The van der Waals surface area contributed by atoms with Gasteiger partial charge in [0.25, 0.3) is 0 Å². The highest BCUT2D eigenvalue weighted by Crippen LogP contribution is 2.65. The second kappa shape index (κ2) is 7.71. The van der Waals surface area contributed by atoms with Gasteiger partial charge >= 0.3 is 5.97 Å². The zero-order valence-electron chi connectivity index (χ0n) is 17.6. The summed E-state index contributed by atoms with van der Waals surface area (Å²) in [5.41, 5.74) is 0.834. The van der Waals surface area contributed by atoms with Crippen LogP contribution in [0.25, 0.3) is 0 Å². The maximum Gasteiger partial charge on any atom is 0.335 e. The average molecular weight is 482 g/mol. The number of imide groups is 1. The number of halogens is 2. The number of likely N-dealkylation sites (tertiary alicyclic amines) is 1. The lowest BCUT2D eigenvalue weighted by molar-refractivity contribution is -0.153. The van der Waals surface area contributed by atoms with Gasteiger partial charge in [0.2, 0.25) is 11.8 Å². The van der Waals surface area contributed by atoms with Crippen LogP contribution in [-0.2, 0) is 20.8 Å². The van der Waals surface area contributed by atoms with Crippen molar-refractivity contribution < 1.29 is 19.1 Å². The van der Waals surface area contributed by atoms with Gasteiger partial charge in [-0.2, -0.15) is 0 Å². The van der Waals surface area contributed by atoms with Crippen molar-refractivity contribution >= 4 is 41.0 Å². The highest BCUT2D eigenvalue weighted by Gasteiger charge is 2.68. The zero-order chi connectivity index (χ0) is 22.9. The molecule has 7 atom stereocenters. The molecule has 1 saturated heterocycles. The van der Waals surface area contributed by atoms with Crippen LogP contribution in [0.15, 0.2) is 60.7 Å². The summed E-state index contributed by atoms with van der Waals surface area (Å²) in [6.45, 7) is 0. The van der Waals surface area contributed by atoms with E-state index >= 15 is 0 Å². The second-order valence-corrected chi connectivity index (χ2v) is 10.2. The number of allylic oxidation sites excluding steroid dienone is 2. The van der Waals surface area contributed by atoms with E-state index in [9.17, 15) is 14.4 Å². The molecule has 33 heavy (non-hydrogen) atoms. The molecule has 0 radical (unpaired) electrons. The minimum Gasteiger partial charge on any atom is -0.423 e. The summed E-state index contributed by atoms with van der Waals surface area (Å²) in [5.74, 6) is -0.642. The molecule has 5 nitrogen and oxygen atoms in total. The summed E-state index contributed by atoms with van der Waals surface area (Å²) in [6.07, 6.45) is 5.50. The molecule has 0 spiro atoms. The summed E-state index contributed by atoms with van der Waals surface area (Å²) in [4.78, 5) is 41.8. The number of carbonyl (C=O) groups is 3. The van der Waals surface area contributed by atoms with E-state index in [1.54, 1.807) is 6.07 Å². The molecule has 2 aromatic rings. The first kappa shape index (κ1) is 20.9. The van der Waals surface area contributed by atoms with Gasteiger partial charge in [0.1, 0.15) is 11.8 Å². The van der Waals surface area contributed by atoms with E-state index in [4.69, 9.17) is 27.9 Å². The Bertz CT molecular complexity index is 1160. The van der Waals surface area contributed by atoms with E-state index in [0.29, 0.717) is 16.9 Å². The fourth-order valence-electron chi connectivity index (χ4n) is 6.14. The first-order valence-corrected chi connectivity index (χ1v) is 12.0. The Kier molecular flexibility index (Phi) is 4.89. The van der Waals surface area contributed by atoms with Crippen molar-refractivity contribution in [3.05, 3.63) is 76.3 Å². The predicted octanol–water partition coefficient (Wildman–Crippen LogP) is 4.56. The normalized spacial score (nSPS) is 31.9. The predicted molar refractivity (Wildman–Crippen MR) is 123 cm³/mol. The van der Waals surface area contributed by atoms with Gasteiger partial charge in [-0.25, -0.2) is 4.79 Å². The molecule has 168 valence electrons. The van der Waals surface area contributed by atoms with E-state index in [1.165, 1.54) is 17.0 Å². The van der Waals surface area contributed by atoms with E-state index in [0.717, 1.165) is 12.0 Å². The topological polar surface area (TPSA) is 63.7 Å². The van der Waals surface area contributed by atoms with E-state index in [2.05, 4.69) is 12.2 Å². The Hall–Kier alpha value is -2.63. The summed E-state index contributed by atoms with van der Waals surface area (Å²) in [6, 6.07) is 12.8. The van der Waals surface area contributed by atoms with Crippen molar-refractivity contribution in [1.82, 2.24) is 4.90 Å². The van der Waals surface area contributed by atoms with Crippen LogP contribution in [0.2, 0.25) is 10.0 Å². The second-order valence-electron chi connectivity index (χ2n) is 9.40. The molecule has 5 aliphatic rings. The van der Waals surface area contributed by atoms with Gasteiger partial charge in [0.05, 0.1) is 16.9 Å². The Morgan fingerprint density at radius 1 is 0.970 bits per heavy atom. The molecule has 1 aliphatic heterocycles. The Morgan fingerprint density at radius 2 is 1.61 bits per heavy atom. The van der Waals surface area contributed by atoms with Crippen molar-refractivity contribution in [2.45, 2.75) is 18.9 Å². The molecule has 1 heterocycles. The van der Waals surface area contributed by atoms with Gasteiger partial charge in [-0.3, -0.25) is 14.5 Å². The van der Waals surface area contributed by atoms with E-state index in [1.807, 2.05) is 30.3 Å². The van der Waals surface area contributed by atoms with Crippen LogP contribution in [-0.4, -0.2) is 28.7 Å². The molecule has 7 rings (SSSR count). The maximum absolute atomic E-state index is 13.6. The minimum absolute atomic E-state index is 0.0885. The van der Waals surface area contributed by atoms with Crippen molar-refractivity contribution in [3.8, 4) is 5.75 Å². The Morgan fingerprint density at radius 3 is 2.21 bits per heavy atom. The molecular weight excluding hydrogens is 461 g/mol. The Labute approximate surface area is 201 Å². The van der Waals surface area contributed by atoms with Crippen molar-refractivity contribution in [1.29, 1.82) is 0 Å². The number of amides is 2. The van der Waals surface area contributed by atoms with E-state index < -0.39 is 12.0 Å². The van der Waals surface area contributed by atoms with E-state index in [-0.39, 0.29) is 52.7 Å². The van der Waals surface area contributed by atoms with Crippen LogP contribution in [0.3, 0.4) is 0 Å². The molecule has 0 N–H and O–H groups in total. The van der Waals surface area contributed by atoms with Gasteiger partial charge in [0, 0.05) is 11.4 Å². The average Bonchev–Trinajstić information content (AvgIpc) is 3.59. The summed E-state index contributed by atoms with van der Waals surface area (Å²) in [5, 5.41) is 0.598. The van der Waals surface area contributed by atoms with Gasteiger partial charge in [-0.1, -0.05) is 65.7 Å². The SMILES string of the molecule is O=C(Oc1ccc(Cl)cc1Cl)[C@H](Cc1ccccc1)N1C(=O)[C@@H]2[C@H]3C=C[C@@H]([C@@H]4C[C@H]34)[C@H]2C1=O. The summed E-state index contributed by atoms with van der Waals surface area (Å²) >= 11 is 12.2. The lowest BCUT2D eigenvalue weighted by Crippen LogP contribution is -2.48. The Balaban J connectivity index is 1.34. The number of nitrogens with zero attached hydrogens (tertiary/aromatic N) is 1. The number of esters is 1. The lowest BCUT2D eigenvalue weighted by atomic mass is 9.63. The molecule has 0 unspecified atom stereocenters. The third-order valence-corrected chi connectivity index (χ3v) is 8.19. The molecule has 2 amide bonds. The standard InChI is InChI=1S/C26H21Cl2NO4/c27-14-6-9-21(19(28)11-14)33-26(32)20(10-13-4-2-1-3-5-13)29-24(30)22-15-7-8-16(18-12-17(15)18)23(22)25(29)31/h1-9,11,15-18,20,22-23H,10,12H2/t15-,16-,17-,18+,20-,22+,23+/m0/s1. The first-order chi connectivity index (χ1) is 15.9. The van der Waals surface area contributed by atoms with Crippen LogP contribution >= 0.6 is 23.2 Å². The first-order valence-electron chi connectivity index (χ1n) is 11.2. The van der Waals surface area contributed by atoms with Crippen molar-refractivity contribution in [3.63, 3.8) is 0 Å². The molecular formula is C26H21Cl2NO4. The molecule has 7 heteroatoms. The van der Waals surface area contributed by atoms with Crippen LogP contribution in [0.5, 0.6) is 5.75 Å². The van der Waals surface area contributed by atoms with Crippen LogP contribution in [0.1, 0.15) is 12.0 Å². The number of carbonyl (C=O) groups excluding carboxylic acids is 3. The molecule has 3 fully saturated rings.